The molecule has 23 heavy (non-hydrogen) atoms. The molecule has 0 bridgehead atoms. The Morgan fingerprint density at radius 1 is 1.22 bits per heavy atom. The summed E-state index contributed by atoms with van der Waals surface area (Å²) in [7, 11) is -3.76. The van der Waals surface area contributed by atoms with Gasteiger partial charge in [-0.2, -0.15) is 0 Å². The number of halogens is 1. The summed E-state index contributed by atoms with van der Waals surface area (Å²) in [6.07, 6.45) is 3.24. The summed E-state index contributed by atoms with van der Waals surface area (Å²) in [5.74, 6) is -0.420. The van der Waals surface area contributed by atoms with Crippen LogP contribution in [0.2, 0.25) is 5.02 Å². The molecule has 1 aromatic heterocycles. The van der Waals surface area contributed by atoms with Crippen LogP contribution in [0.25, 0.3) is 0 Å². The monoisotopic (exact) mass is 353 g/mol. The number of amides is 1. The number of benzene rings is 1. The van der Waals surface area contributed by atoms with Crippen molar-refractivity contribution in [2.75, 3.05) is 6.54 Å². The SMILES string of the molecule is Cc1cc(S(=O)(=O)NCC(=O)NCc2ccncc2)ccc1Cl. The van der Waals surface area contributed by atoms with Crippen LogP contribution in [-0.2, 0) is 21.4 Å². The molecule has 1 aromatic carbocycles. The van der Waals surface area contributed by atoms with E-state index >= 15 is 0 Å². The minimum atomic E-state index is -3.76. The smallest absolute Gasteiger partial charge is 0.241 e. The minimum absolute atomic E-state index is 0.0707. The van der Waals surface area contributed by atoms with Gasteiger partial charge in [-0.3, -0.25) is 9.78 Å². The van der Waals surface area contributed by atoms with Gasteiger partial charge in [-0.05, 0) is 48.4 Å². The van der Waals surface area contributed by atoms with Gasteiger partial charge in [0.2, 0.25) is 15.9 Å². The van der Waals surface area contributed by atoms with Gasteiger partial charge in [0.25, 0.3) is 0 Å². The van der Waals surface area contributed by atoms with Gasteiger partial charge in [-0.1, -0.05) is 11.6 Å². The van der Waals surface area contributed by atoms with Crippen molar-refractivity contribution in [2.24, 2.45) is 0 Å². The van der Waals surface area contributed by atoms with Crippen LogP contribution >= 0.6 is 11.6 Å². The second-order valence-electron chi connectivity index (χ2n) is 4.87. The summed E-state index contributed by atoms with van der Waals surface area (Å²) < 4.78 is 26.5. The molecule has 2 aromatic rings. The molecule has 0 aliphatic heterocycles. The number of aryl methyl sites for hydroxylation is 1. The molecule has 0 unspecified atom stereocenters. The first-order chi connectivity index (χ1) is 10.9. The Hall–Kier alpha value is -1.96. The average molecular weight is 354 g/mol. The molecule has 1 heterocycles. The molecule has 0 atom stereocenters. The van der Waals surface area contributed by atoms with Crippen molar-refractivity contribution >= 4 is 27.5 Å². The van der Waals surface area contributed by atoms with E-state index in [4.69, 9.17) is 11.6 Å². The normalized spacial score (nSPS) is 11.2. The first kappa shape index (κ1) is 17.4. The van der Waals surface area contributed by atoms with Gasteiger partial charge in [0.1, 0.15) is 0 Å². The fourth-order valence-corrected chi connectivity index (χ4v) is 2.98. The van der Waals surface area contributed by atoms with E-state index in [0.29, 0.717) is 17.1 Å². The van der Waals surface area contributed by atoms with Crippen molar-refractivity contribution in [3.8, 4) is 0 Å². The van der Waals surface area contributed by atoms with Gasteiger partial charge in [0.15, 0.2) is 0 Å². The highest BCUT2D eigenvalue weighted by Gasteiger charge is 2.16. The fraction of sp³-hybridized carbons (Fsp3) is 0.200. The maximum atomic E-state index is 12.1. The molecule has 0 spiro atoms. The predicted octanol–water partition coefficient (Wildman–Crippen LogP) is 1.64. The van der Waals surface area contributed by atoms with E-state index in [1.807, 2.05) is 0 Å². The zero-order valence-corrected chi connectivity index (χ0v) is 14.0. The molecule has 8 heteroatoms. The van der Waals surface area contributed by atoms with Crippen LogP contribution in [-0.4, -0.2) is 25.9 Å². The van der Waals surface area contributed by atoms with Crippen molar-refractivity contribution in [1.82, 2.24) is 15.0 Å². The number of rotatable bonds is 6. The topological polar surface area (TPSA) is 88.2 Å². The van der Waals surface area contributed by atoms with Gasteiger partial charge >= 0.3 is 0 Å². The zero-order chi connectivity index (χ0) is 16.9. The van der Waals surface area contributed by atoms with Crippen LogP contribution in [0.5, 0.6) is 0 Å². The largest absolute Gasteiger partial charge is 0.351 e. The lowest BCUT2D eigenvalue weighted by Gasteiger charge is -2.09. The van der Waals surface area contributed by atoms with Crippen molar-refractivity contribution in [1.29, 1.82) is 0 Å². The summed E-state index contributed by atoms with van der Waals surface area (Å²) in [4.78, 5) is 15.7. The highest BCUT2D eigenvalue weighted by atomic mass is 35.5. The third-order valence-corrected chi connectivity index (χ3v) is 4.92. The number of aromatic nitrogens is 1. The van der Waals surface area contributed by atoms with E-state index in [1.165, 1.54) is 18.2 Å². The fourth-order valence-electron chi connectivity index (χ4n) is 1.79. The Labute approximate surface area is 139 Å². The van der Waals surface area contributed by atoms with Gasteiger partial charge < -0.3 is 5.32 Å². The van der Waals surface area contributed by atoms with Crippen LogP contribution in [0.4, 0.5) is 0 Å². The first-order valence-corrected chi connectivity index (χ1v) is 8.66. The standard InChI is InChI=1S/C15H16ClN3O3S/c1-11-8-13(2-3-14(11)16)23(21,22)19-10-15(20)18-9-12-4-6-17-7-5-12/h2-8,19H,9-10H2,1H3,(H,18,20). The zero-order valence-electron chi connectivity index (χ0n) is 12.4. The molecular formula is C15H16ClN3O3S. The van der Waals surface area contributed by atoms with Gasteiger partial charge in [0.05, 0.1) is 11.4 Å². The number of hydrogen-bond donors (Lipinski definition) is 2. The molecule has 0 saturated heterocycles. The summed E-state index contributed by atoms with van der Waals surface area (Å²) in [6.45, 7) is 1.68. The van der Waals surface area contributed by atoms with Crippen LogP contribution in [0, 0.1) is 6.92 Å². The van der Waals surface area contributed by atoms with Crippen LogP contribution < -0.4 is 10.0 Å². The molecule has 2 rings (SSSR count). The Balaban J connectivity index is 1.91. The second kappa shape index (κ2) is 7.54. The van der Waals surface area contributed by atoms with Crippen molar-refractivity contribution in [3.05, 3.63) is 58.9 Å². The number of hydrogen-bond acceptors (Lipinski definition) is 4. The highest BCUT2D eigenvalue weighted by molar-refractivity contribution is 7.89. The lowest BCUT2D eigenvalue weighted by molar-refractivity contribution is -0.120. The second-order valence-corrected chi connectivity index (χ2v) is 7.04. The maximum absolute atomic E-state index is 12.1. The van der Waals surface area contributed by atoms with Gasteiger partial charge in [0, 0.05) is 24.0 Å². The number of sulfonamides is 1. The average Bonchev–Trinajstić information content (AvgIpc) is 2.54. The molecule has 0 saturated carbocycles. The van der Waals surface area contributed by atoms with E-state index in [9.17, 15) is 13.2 Å². The Bertz CT molecular complexity index is 795. The van der Waals surface area contributed by atoms with Crippen LogP contribution in [0.1, 0.15) is 11.1 Å². The van der Waals surface area contributed by atoms with E-state index in [-0.39, 0.29) is 11.4 Å². The Kier molecular flexibility index (Phi) is 5.70. The lowest BCUT2D eigenvalue weighted by atomic mass is 10.2. The van der Waals surface area contributed by atoms with Crippen molar-refractivity contribution in [2.45, 2.75) is 18.4 Å². The van der Waals surface area contributed by atoms with Crippen LogP contribution in [0.3, 0.4) is 0 Å². The van der Waals surface area contributed by atoms with E-state index in [0.717, 1.165) is 5.56 Å². The van der Waals surface area contributed by atoms with Crippen LogP contribution in [0.15, 0.2) is 47.6 Å². The maximum Gasteiger partial charge on any atom is 0.241 e. The highest BCUT2D eigenvalue weighted by Crippen LogP contribution is 2.19. The van der Waals surface area contributed by atoms with Gasteiger partial charge in [-0.25, -0.2) is 13.1 Å². The summed E-state index contributed by atoms with van der Waals surface area (Å²) in [5, 5.41) is 3.11. The Morgan fingerprint density at radius 2 is 1.91 bits per heavy atom. The van der Waals surface area contributed by atoms with Crippen molar-refractivity contribution in [3.63, 3.8) is 0 Å². The van der Waals surface area contributed by atoms with Gasteiger partial charge in [-0.15, -0.1) is 0 Å². The third kappa shape index (κ3) is 5.02. The minimum Gasteiger partial charge on any atom is -0.351 e. The number of carbonyl (C=O) groups excluding carboxylic acids is 1. The molecule has 122 valence electrons. The van der Waals surface area contributed by atoms with E-state index in [1.54, 1.807) is 31.5 Å². The first-order valence-electron chi connectivity index (χ1n) is 6.80. The molecule has 6 nitrogen and oxygen atoms in total. The molecular weight excluding hydrogens is 338 g/mol. The summed E-state index contributed by atoms with van der Waals surface area (Å²) in [5.41, 5.74) is 1.53. The molecule has 0 aliphatic carbocycles. The summed E-state index contributed by atoms with van der Waals surface area (Å²) >= 11 is 5.87. The number of pyridine rings is 1. The van der Waals surface area contributed by atoms with E-state index in [2.05, 4.69) is 15.0 Å². The molecule has 0 fully saturated rings. The molecule has 0 radical (unpaired) electrons. The summed E-state index contributed by atoms with van der Waals surface area (Å²) in [6, 6.07) is 7.89. The van der Waals surface area contributed by atoms with Crippen molar-refractivity contribution < 1.29 is 13.2 Å². The lowest BCUT2D eigenvalue weighted by Crippen LogP contribution is -2.36. The Morgan fingerprint density at radius 3 is 2.57 bits per heavy atom. The predicted molar refractivity (Wildman–Crippen MR) is 87.5 cm³/mol. The van der Waals surface area contributed by atoms with E-state index < -0.39 is 15.9 Å². The quantitative estimate of drug-likeness (QED) is 0.826. The molecule has 2 N–H and O–H groups in total. The number of nitrogens with zero attached hydrogens (tertiary/aromatic N) is 1. The third-order valence-electron chi connectivity index (χ3n) is 3.10. The number of nitrogens with one attached hydrogen (secondary N) is 2. The number of carbonyl (C=O) groups is 1. The molecule has 1 amide bonds. The molecule has 0 aliphatic rings.